The molecule has 0 radical (unpaired) electrons. The first kappa shape index (κ1) is 28.3. The molecule has 4 nitrogen and oxygen atoms in total. The van der Waals surface area contributed by atoms with Gasteiger partial charge in [0.2, 0.25) is 5.69 Å². The van der Waals surface area contributed by atoms with E-state index in [1.807, 2.05) is 69.8 Å². The van der Waals surface area contributed by atoms with Crippen molar-refractivity contribution in [3.63, 3.8) is 0 Å². The van der Waals surface area contributed by atoms with Gasteiger partial charge in [-0.15, -0.1) is 22.7 Å². The van der Waals surface area contributed by atoms with Crippen molar-refractivity contribution in [3.8, 4) is 17.4 Å². The smallest absolute Gasteiger partial charge is 0.215 e. The molecule has 0 saturated heterocycles. The zero-order chi connectivity index (χ0) is 34.0. The number of para-hydroxylation sites is 2. The fraction of sp³-hybridized carbons (Fsp3) is 0. The van der Waals surface area contributed by atoms with E-state index < -0.39 is 5.82 Å². The van der Waals surface area contributed by atoms with E-state index in [0.717, 1.165) is 84.0 Å². The summed E-state index contributed by atoms with van der Waals surface area (Å²) in [5.41, 5.74) is 3.77. The predicted octanol–water partition coefficient (Wildman–Crippen LogP) is 13.2. The minimum absolute atomic E-state index is 0.0846. The predicted molar refractivity (Wildman–Crippen MR) is 212 cm³/mol. The molecular weight excluding hydrogens is 668 g/mol. The van der Waals surface area contributed by atoms with Crippen LogP contribution in [-0.2, 0) is 0 Å². The molecule has 0 aliphatic rings. The second kappa shape index (κ2) is 10.3. The molecule has 4 aromatic heterocycles. The van der Waals surface area contributed by atoms with Crippen molar-refractivity contribution in [1.29, 1.82) is 5.26 Å². The molecule has 0 N–H and O–H groups in total. The molecule has 7 heteroatoms. The lowest BCUT2D eigenvalue weighted by molar-refractivity contribution is 0.615. The molecule has 0 unspecified atom stereocenters. The molecule has 0 saturated carbocycles. The summed E-state index contributed by atoms with van der Waals surface area (Å²) in [7, 11) is 0. The molecule has 0 spiro atoms. The fourth-order valence-corrected chi connectivity index (χ4v) is 10.6. The maximum Gasteiger partial charge on any atom is 0.215 e. The number of aromatic nitrogens is 2. The Morgan fingerprint density at radius 1 is 0.549 bits per heavy atom. The number of halogens is 1. The first-order valence-corrected chi connectivity index (χ1v) is 18.1. The Hall–Kier alpha value is -6.51. The maximum absolute atomic E-state index is 18.3. The van der Waals surface area contributed by atoms with E-state index in [1.165, 1.54) is 0 Å². The van der Waals surface area contributed by atoms with Gasteiger partial charge in [0.1, 0.15) is 6.07 Å². The SMILES string of the molecule is [C-]#[N+]c1cc(C#N)c(-n2c3ccccc3c3ccc4c5ccccc5sc4c32)c(F)c1-n1c2ccccc2c2ccc3c4ccccc4sc3c21. The molecule has 4 heterocycles. The molecule has 0 fully saturated rings. The standard InChI is InChI=1S/C44H21FN4S2/c1-47-33-22-24(23-46)39(48-34-14-6-2-10-25(34)29-18-20-31-27-12-4-8-16-36(27)50-43(31)40(29)48)38(45)42(33)49-35-15-7-3-11-26(35)30-19-21-32-28-13-5-9-17-37(28)51-44(32)41(30)49/h2-22H. The molecule has 11 rings (SSSR count). The number of hydrogen-bond acceptors (Lipinski definition) is 3. The Kier molecular flexibility index (Phi) is 5.70. The number of benzene rings is 7. The number of hydrogen-bond donors (Lipinski definition) is 0. The van der Waals surface area contributed by atoms with Crippen LogP contribution in [-0.4, -0.2) is 9.13 Å². The van der Waals surface area contributed by atoms with Crippen molar-refractivity contribution in [2.24, 2.45) is 0 Å². The highest BCUT2D eigenvalue weighted by Crippen LogP contribution is 2.48. The molecular formula is C44H21FN4S2. The third-order valence-electron chi connectivity index (χ3n) is 10.2. The van der Waals surface area contributed by atoms with Crippen LogP contribution in [0.2, 0.25) is 0 Å². The van der Waals surface area contributed by atoms with Crippen molar-refractivity contribution >= 4 is 112 Å². The molecule has 11 aromatic rings. The van der Waals surface area contributed by atoms with E-state index in [0.29, 0.717) is 0 Å². The van der Waals surface area contributed by atoms with E-state index >= 15 is 4.39 Å². The zero-order valence-corrected chi connectivity index (χ0v) is 28.2. The van der Waals surface area contributed by atoms with Crippen LogP contribution < -0.4 is 0 Å². The third-order valence-corrected chi connectivity index (χ3v) is 12.6. The first-order chi connectivity index (χ1) is 25.2. The fourth-order valence-electron chi connectivity index (χ4n) is 8.14. The summed E-state index contributed by atoms with van der Waals surface area (Å²) in [5, 5.41) is 19.0. The molecule has 0 bridgehead atoms. The van der Waals surface area contributed by atoms with E-state index in [1.54, 1.807) is 28.7 Å². The normalized spacial score (nSPS) is 12.0. The van der Waals surface area contributed by atoms with Crippen LogP contribution >= 0.6 is 22.7 Å². The highest BCUT2D eigenvalue weighted by Gasteiger charge is 2.28. The van der Waals surface area contributed by atoms with Gasteiger partial charge in [-0.3, -0.25) is 0 Å². The summed E-state index contributed by atoms with van der Waals surface area (Å²) in [5.74, 6) is -0.610. The van der Waals surface area contributed by atoms with Gasteiger partial charge in [-0.25, -0.2) is 9.24 Å². The highest BCUT2D eigenvalue weighted by molar-refractivity contribution is 7.27. The van der Waals surface area contributed by atoms with Crippen LogP contribution in [0, 0.1) is 23.7 Å². The van der Waals surface area contributed by atoms with Gasteiger partial charge in [0.15, 0.2) is 5.82 Å². The van der Waals surface area contributed by atoms with Crippen molar-refractivity contribution in [3.05, 3.63) is 150 Å². The summed E-state index contributed by atoms with van der Waals surface area (Å²) < 4.78 is 26.5. The number of fused-ring (bicyclic) bond motifs is 14. The topological polar surface area (TPSA) is 38.0 Å². The average Bonchev–Trinajstić information content (AvgIpc) is 3.92. The average molecular weight is 689 g/mol. The summed E-state index contributed by atoms with van der Waals surface area (Å²) in [6.45, 7) is 8.33. The summed E-state index contributed by atoms with van der Waals surface area (Å²) in [4.78, 5) is 3.89. The lowest BCUT2D eigenvalue weighted by Gasteiger charge is -2.18. The Morgan fingerprint density at radius 3 is 1.51 bits per heavy atom. The minimum Gasteiger partial charge on any atom is -0.315 e. The van der Waals surface area contributed by atoms with E-state index in [-0.39, 0.29) is 22.6 Å². The molecule has 7 aromatic carbocycles. The monoisotopic (exact) mass is 688 g/mol. The van der Waals surface area contributed by atoms with Crippen molar-refractivity contribution < 1.29 is 4.39 Å². The van der Waals surface area contributed by atoms with Crippen LogP contribution in [0.3, 0.4) is 0 Å². The van der Waals surface area contributed by atoms with Crippen LogP contribution in [0.4, 0.5) is 10.1 Å². The number of nitrogens with zero attached hydrogens (tertiary/aromatic N) is 4. The van der Waals surface area contributed by atoms with Gasteiger partial charge in [0.05, 0.1) is 55.0 Å². The Morgan fingerprint density at radius 2 is 1.00 bits per heavy atom. The van der Waals surface area contributed by atoms with E-state index in [2.05, 4.69) is 71.6 Å². The Bertz CT molecular complexity index is 3190. The lowest BCUT2D eigenvalue weighted by Crippen LogP contribution is -2.07. The van der Waals surface area contributed by atoms with Crippen LogP contribution in [0.15, 0.2) is 127 Å². The number of nitriles is 1. The molecule has 236 valence electrons. The van der Waals surface area contributed by atoms with Crippen LogP contribution in [0.1, 0.15) is 5.56 Å². The van der Waals surface area contributed by atoms with E-state index in [4.69, 9.17) is 6.57 Å². The maximum atomic E-state index is 18.3. The van der Waals surface area contributed by atoms with Gasteiger partial charge in [0, 0.05) is 52.5 Å². The second-order valence-electron chi connectivity index (χ2n) is 12.8. The molecule has 51 heavy (non-hydrogen) atoms. The van der Waals surface area contributed by atoms with Gasteiger partial charge >= 0.3 is 0 Å². The van der Waals surface area contributed by atoms with Crippen molar-refractivity contribution in [2.75, 3.05) is 0 Å². The number of rotatable bonds is 2. The van der Waals surface area contributed by atoms with Crippen LogP contribution in [0.5, 0.6) is 0 Å². The Labute approximate surface area is 297 Å². The van der Waals surface area contributed by atoms with Crippen molar-refractivity contribution in [1.82, 2.24) is 9.13 Å². The third kappa shape index (κ3) is 3.64. The molecule has 0 amide bonds. The zero-order valence-electron chi connectivity index (χ0n) is 26.6. The first-order valence-electron chi connectivity index (χ1n) is 16.5. The summed E-state index contributed by atoms with van der Waals surface area (Å²) in [6.07, 6.45) is 0. The van der Waals surface area contributed by atoms with E-state index in [9.17, 15) is 5.26 Å². The second-order valence-corrected chi connectivity index (χ2v) is 14.9. The highest BCUT2D eigenvalue weighted by atomic mass is 32.1. The van der Waals surface area contributed by atoms with Gasteiger partial charge in [-0.1, -0.05) is 97.1 Å². The van der Waals surface area contributed by atoms with Gasteiger partial charge < -0.3 is 9.13 Å². The lowest BCUT2D eigenvalue weighted by atomic mass is 10.1. The van der Waals surface area contributed by atoms with Crippen molar-refractivity contribution in [2.45, 2.75) is 0 Å². The largest absolute Gasteiger partial charge is 0.315 e. The number of thiophene rings is 2. The van der Waals surface area contributed by atoms with Crippen LogP contribution in [0.25, 0.3) is 100 Å². The summed E-state index contributed by atoms with van der Waals surface area (Å²) in [6, 6.07) is 44.9. The Balaban J connectivity index is 1.35. The summed E-state index contributed by atoms with van der Waals surface area (Å²) >= 11 is 3.35. The van der Waals surface area contributed by atoms with Gasteiger partial charge in [-0.2, -0.15) is 5.26 Å². The molecule has 0 aliphatic heterocycles. The van der Waals surface area contributed by atoms with Gasteiger partial charge in [-0.05, 0) is 30.3 Å². The molecule has 0 atom stereocenters. The van der Waals surface area contributed by atoms with Gasteiger partial charge in [0.25, 0.3) is 0 Å². The molecule has 0 aliphatic carbocycles. The quantitative estimate of drug-likeness (QED) is 0.167. The minimum atomic E-state index is -0.610.